The van der Waals surface area contributed by atoms with Gasteiger partial charge in [0.15, 0.2) is 5.49 Å². The van der Waals surface area contributed by atoms with Gasteiger partial charge < -0.3 is 0 Å². The minimum absolute atomic E-state index is 0.0259. The molecule has 105 valence electrons. The van der Waals surface area contributed by atoms with Crippen LogP contribution in [0.5, 0.6) is 0 Å². The third-order valence-electron chi connectivity index (χ3n) is 4.24. The average Bonchev–Trinajstić information content (AvgIpc) is 2.85. The van der Waals surface area contributed by atoms with Crippen LogP contribution in [0, 0.1) is 0 Å². The Balaban J connectivity index is 2.22. The molecular weight excluding hydrogens is 260 g/mol. The van der Waals surface area contributed by atoms with Crippen LogP contribution in [-0.4, -0.2) is 36.4 Å². The molecule has 2 aliphatic heterocycles. The molecule has 0 amide bonds. The van der Waals surface area contributed by atoms with Gasteiger partial charge in [0.2, 0.25) is 11.6 Å². The van der Waals surface area contributed by atoms with Gasteiger partial charge in [0.05, 0.1) is 17.3 Å². The number of fused-ring (bicyclic) bond motifs is 1. The molecule has 0 unspecified atom stereocenters. The van der Waals surface area contributed by atoms with E-state index in [1.807, 2.05) is 0 Å². The van der Waals surface area contributed by atoms with E-state index in [9.17, 15) is 10.4 Å². The first-order valence-corrected chi connectivity index (χ1v) is 6.21. The average molecular weight is 275 g/mol. The van der Waals surface area contributed by atoms with Crippen molar-refractivity contribution in [2.24, 2.45) is 9.98 Å². The van der Waals surface area contributed by atoms with Gasteiger partial charge in [0.25, 0.3) is 0 Å². The smallest absolute Gasteiger partial charge is 0.202 e. The fourth-order valence-electron chi connectivity index (χ4n) is 2.13. The molecule has 1 aromatic rings. The second-order valence-corrected chi connectivity index (χ2v) is 5.83. The number of rotatable bonds is 0. The molecule has 1 fully saturated rings. The van der Waals surface area contributed by atoms with Gasteiger partial charge in [-0.2, -0.15) is 5.06 Å². The van der Waals surface area contributed by atoms with Crippen LogP contribution in [0.1, 0.15) is 27.7 Å². The molecule has 0 bridgehead atoms. The summed E-state index contributed by atoms with van der Waals surface area (Å²) in [6.07, 6.45) is 2.88. The third-order valence-corrected chi connectivity index (χ3v) is 4.24. The van der Waals surface area contributed by atoms with Crippen molar-refractivity contribution < 1.29 is 10.4 Å². The van der Waals surface area contributed by atoms with Gasteiger partial charge in [-0.15, -0.1) is 0 Å². The molecule has 20 heavy (non-hydrogen) atoms. The lowest BCUT2D eigenvalue weighted by Gasteiger charge is -2.36. The normalized spacial score (nSPS) is 26.3. The highest BCUT2D eigenvalue weighted by Crippen LogP contribution is 2.44. The highest BCUT2D eigenvalue weighted by atomic mass is 16.6. The summed E-state index contributed by atoms with van der Waals surface area (Å²) < 4.78 is 0. The summed E-state index contributed by atoms with van der Waals surface area (Å²) in [7, 11) is 0. The topological polar surface area (TPSA) is 97.1 Å². The first-order valence-electron chi connectivity index (χ1n) is 6.21. The van der Waals surface area contributed by atoms with Gasteiger partial charge >= 0.3 is 0 Å². The lowest BCUT2D eigenvalue weighted by molar-refractivity contribution is -0.182. The van der Waals surface area contributed by atoms with Gasteiger partial charge in [-0.3, -0.25) is 5.21 Å². The van der Waals surface area contributed by atoms with Crippen LogP contribution in [0.3, 0.4) is 0 Å². The molecule has 8 heteroatoms. The van der Waals surface area contributed by atoms with Gasteiger partial charge in [0.1, 0.15) is 11.7 Å². The van der Waals surface area contributed by atoms with Crippen molar-refractivity contribution in [2.45, 2.75) is 38.8 Å². The predicted octanol–water partition coefficient (Wildman–Crippen LogP) is -0.234. The zero-order chi connectivity index (χ0) is 14.7. The molecule has 1 aromatic heterocycles. The highest BCUT2D eigenvalue weighted by molar-refractivity contribution is 5.23. The first kappa shape index (κ1) is 12.9. The summed E-state index contributed by atoms with van der Waals surface area (Å²) >= 11 is 0. The minimum Gasteiger partial charge on any atom is -0.286 e. The largest absolute Gasteiger partial charge is 0.286 e. The molecule has 0 spiro atoms. The highest BCUT2D eigenvalue weighted by Gasteiger charge is 2.57. The Morgan fingerprint density at radius 3 is 2.40 bits per heavy atom. The third kappa shape index (κ3) is 1.43. The van der Waals surface area contributed by atoms with Crippen molar-refractivity contribution in [2.75, 3.05) is 0 Å². The van der Waals surface area contributed by atoms with Crippen molar-refractivity contribution in [3.8, 4) is 0 Å². The molecule has 1 radical (unpaired) electrons. The van der Waals surface area contributed by atoms with E-state index in [1.165, 1.54) is 12.5 Å². The van der Waals surface area contributed by atoms with Crippen molar-refractivity contribution in [1.29, 1.82) is 0 Å². The van der Waals surface area contributed by atoms with E-state index < -0.39 is 11.1 Å². The number of nitrogens with zero attached hydrogens (tertiary/aromatic N) is 6. The Hall–Kier alpha value is -2.06. The predicted molar refractivity (Wildman–Crippen MR) is 65.7 cm³/mol. The van der Waals surface area contributed by atoms with Gasteiger partial charge in [-0.1, -0.05) is 5.21 Å². The Kier molecular flexibility index (Phi) is 2.42. The zero-order valence-corrected chi connectivity index (χ0v) is 11.7. The Bertz CT molecular complexity index is 665. The fraction of sp³-hybridized carbons (Fsp3) is 0.500. The molecule has 3 heterocycles. The van der Waals surface area contributed by atoms with Crippen LogP contribution in [0.2, 0.25) is 0 Å². The van der Waals surface area contributed by atoms with Crippen molar-refractivity contribution in [3.05, 3.63) is 35.0 Å². The summed E-state index contributed by atoms with van der Waals surface area (Å²) in [4.78, 5) is 16.2. The Morgan fingerprint density at radius 2 is 1.85 bits per heavy atom. The van der Waals surface area contributed by atoms with Crippen molar-refractivity contribution in [3.63, 3.8) is 0 Å². The summed E-state index contributed by atoms with van der Waals surface area (Å²) in [5, 5.41) is 25.0. The maximum absolute atomic E-state index is 12.5. The fourth-order valence-corrected chi connectivity index (χ4v) is 2.13. The summed E-state index contributed by atoms with van der Waals surface area (Å²) in [5.41, 5.74) is -1.20. The summed E-state index contributed by atoms with van der Waals surface area (Å²) in [6.45, 7) is 7.10. The zero-order valence-electron chi connectivity index (χ0n) is 11.7. The van der Waals surface area contributed by atoms with Gasteiger partial charge in [0, 0.05) is 0 Å². The molecule has 0 aromatic carbocycles. The monoisotopic (exact) mass is 275 g/mol. The molecule has 8 nitrogen and oxygen atoms in total. The lowest BCUT2D eigenvalue weighted by Crippen LogP contribution is -2.52. The summed E-state index contributed by atoms with van der Waals surface area (Å²) in [6, 6.07) is 0. The number of hydroxylamine groups is 4. The van der Waals surface area contributed by atoms with E-state index in [0.29, 0.717) is 10.8 Å². The maximum Gasteiger partial charge on any atom is 0.202 e. The molecule has 0 aliphatic carbocycles. The van der Waals surface area contributed by atoms with Crippen LogP contribution in [0.25, 0.3) is 0 Å². The van der Waals surface area contributed by atoms with E-state index in [4.69, 9.17) is 0 Å². The molecule has 1 N–H and O–H groups in total. The number of hydrogen-bond acceptors (Lipinski definition) is 7. The lowest BCUT2D eigenvalue weighted by atomic mass is 9.84. The summed E-state index contributed by atoms with van der Waals surface area (Å²) in [5.74, 6) is 0.176. The van der Waals surface area contributed by atoms with E-state index in [1.54, 1.807) is 27.7 Å². The Morgan fingerprint density at radius 1 is 1.15 bits per heavy atom. The standard InChI is InChI=1S/C12H15N6O2/c1-11(2)12(3,4)18(20)10(17(11)19)9-15-7-5-13-6-14-8(7)16-9/h5-6,19H,1-4H3/b10-9+. The van der Waals surface area contributed by atoms with E-state index in [0.717, 1.165) is 10.1 Å². The molecular formula is C12H15N6O2. The molecule has 0 saturated carbocycles. The van der Waals surface area contributed by atoms with Crippen molar-refractivity contribution in [1.82, 2.24) is 20.1 Å². The van der Waals surface area contributed by atoms with Crippen LogP contribution in [0.15, 0.2) is 34.2 Å². The quantitative estimate of drug-likeness (QED) is 0.705. The van der Waals surface area contributed by atoms with E-state index in [-0.39, 0.29) is 11.6 Å². The Labute approximate surface area is 115 Å². The van der Waals surface area contributed by atoms with Gasteiger partial charge in [-0.05, 0) is 27.7 Å². The van der Waals surface area contributed by atoms with E-state index in [2.05, 4.69) is 20.0 Å². The second-order valence-electron chi connectivity index (χ2n) is 5.83. The van der Waals surface area contributed by atoms with Crippen LogP contribution in [0.4, 0.5) is 0 Å². The van der Waals surface area contributed by atoms with Gasteiger partial charge in [-0.25, -0.2) is 25.0 Å². The molecule has 1 saturated heterocycles. The second kappa shape index (κ2) is 3.74. The number of hydrogen-bond donors (Lipinski definition) is 1. The molecule has 2 aliphatic rings. The van der Waals surface area contributed by atoms with Crippen molar-refractivity contribution >= 4 is 0 Å². The molecule has 0 atom stereocenters. The van der Waals surface area contributed by atoms with Crippen LogP contribution >= 0.6 is 0 Å². The number of aromatic nitrogens is 2. The van der Waals surface area contributed by atoms with Crippen LogP contribution < -0.4 is 10.8 Å². The molecule has 3 rings (SSSR count). The van der Waals surface area contributed by atoms with E-state index >= 15 is 0 Å². The van der Waals surface area contributed by atoms with Crippen LogP contribution in [-0.2, 0) is 5.21 Å². The SMILES string of the molecule is CC1(C)N([O])/C(=C2\N=c3cncnc3=N2)N(O)C1(C)C. The minimum atomic E-state index is -0.824. The first-order chi connectivity index (χ1) is 9.26. The maximum atomic E-state index is 12.5.